The zero-order valence-corrected chi connectivity index (χ0v) is 14.8. The molecule has 1 aliphatic carbocycles. The van der Waals surface area contributed by atoms with Crippen LogP contribution in [0, 0.1) is 0 Å². The molecule has 0 aliphatic heterocycles. The molecule has 136 valence electrons. The molecule has 1 amide bonds. The number of rotatable bonds is 5. The van der Waals surface area contributed by atoms with E-state index < -0.39 is 5.97 Å². The van der Waals surface area contributed by atoms with Crippen molar-refractivity contribution in [2.24, 2.45) is 0 Å². The second kappa shape index (κ2) is 7.47. The summed E-state index contributed by atoms with van der Waals surface area (Å²) < 4.78 is 10.5. The minimum atomic E-state index is -1.12. The van der Waals surface area contributed by atoms with Crippen LogP contribution < -0.4 is 14.8 Å². The first kappa shape index (κ1) is 17.8. The Bertz CT molecular complexity index is 860. The van der Waals surface area contributed by atoms with E-state index in [0.29, 0.717) is 5.56 Å². The Hall–Kier alpha value is -3.02. The van der Waals surface area contributed by atoms with Crippen molar-refractivity contribution in [3.05, 3.63) is 52.6 Å². The van der Waals surface area contributed by atoms with Crippen molar-refractivity contribution in [3.63, 3.8) is 0 Å². The number of ether oxygens (including phenoxy) is 2. The third-order valence-electron chi connectivity index (χ3n) is 4.58. The van der Waals surface area contributed by atoms with Crippen LogP contribution in [0.2, 0.25) is 0 Å². The van der Waals surface area contributed by atoms with Gasteiger partial charge in [-0.2, -0.15) is 0 Å². The summed E-state index contributed by atoms with van der Waals surface area (Å²) in [5, 5.41) is 12.0. The Morgan fingerprint density at radius 1 is 0.962 bits per heavy atom. The topological polar surface area (TPSA) is 84.9 Å². The van der Waals surface area contributed by atoms with Crippen LogP contribution >= 0.6 is 0 Å². The predicted octanol–water partition coefficient (Wildman–Crippen LogP) is 3.53. The number of amides is 1. The number of hydrogen-bond donors (Lipinski definition) is 2. The van der Waals surface area contributed by atoms with E-state index in [4.69, 9.17) is 9.47 Å². The molecule has 2 N–H and O–H groups in total. The van der Waals surface area contributed by atoms with Crippen LogP contribution in [0.1, 0.15) is 44.7 Å². The Morgan fingerprint density at radius 3 is 2.35 bits per heavy atom. The summed E-state index contributed by atoms with van der Waals surface area (Å²) in [6.07, 6.45) is 4.33. The van der Waals surface area contributed by atoms with Gasteiger partial charge in [-0.25, -0.2) is 4.79 Å². The fraction of sp³-hybridized carbons (Fsp3) is 0.300. The van der Waals surface area contributed by atoms with E-state index >= 15 is 0 Å². The van der Waals surface area contributed by atoms with Gasteiger partial charge in [-0.15, -0.1) is 0 Å². The van der Waals surface area contributed by atoms with Gasteiger partial charge in [-0.05, 0) is 61.1 Å². The highest BCUT2D eigenvalue weighted by molar-refractivity contribution is 6.06. The first-order valence-electron chi connectivity index (χ1n) is 8.46. The molecule has 0 bridgehead atoms. The standard InChI is InChI=1S/C20H21NO5/c1-25-17-11-15(20(23)24)10-16(18(17)26-2)21-19(22)14-8-7-12-5-3-4-6-13(12)9-14/h7-11H,3-6H2,1-2H3,(H,21,22)(H,23,24). The highest BCUT2D eigenvalue weighted by Gasteiger charge is 2.19. The van der Waals surface area contributed by atoms with Crippen LogP contribution in [-0.4, -0.2) is 31.2 Å². The van der Waals surface area contributed by atoms with Gasteiger partial charge in [0.1, 0.15) is 0 Å². The second-order valence-electron chi connectivity index (χ2n) is 6.21. The first-order valence-corrected chi connectivity index (χ1v) is 8.46. The third kappa shape index (κ3) is 3.49. The van der Waals surface area contributed by atoms with E-state index in [1.54, 1.807) is 6.07 Å². The van der Waals surface area contributed by atoms with Gasteiger partial charge in [0, 0.05) is 5.56 Å². The fourth-order valence-electron chi connectivity index (χ4n) is 3.25. The predicted molar refractivity (Wildman–Crippen MR) is 97.5 cm³/mol. The number of nitrogens with one attached hydrogen (secondary N) is 1. The highest BCUT2D eigenvalue weighted by Crippen LogP contribution is 2.37. The molecule has 0 atom stereocenters. The maximum absolute atomic E-state index is 12.7. The molecule has 2 aromatic carbocycles. The lowest BCUT2D eigenvalue weighted by molar-refractivity contribution is 0.0696. The number of hydrogen-bond acceptors (Lipinski definition) is 4. The molecule has 0 aromatic heterocycles. The Balaban J connectivity index is 1.93. The summed E-state index contributed by atoms with van der Waals surface area (Å²) in [6.45, 7) is 0. The number of carboxylic acid groups (broad SMARTS) is 1. The Labute approximate surface area is 151 Å². The molecule has 1 aliphatic rings. The maximum atomic E-state index is 12.7. The van der Waals surface area contributed by atoms with Crippen molar-refractivity contribution in [1.29, 1.82) is 0 Å². The smallest absolute Gasteiger partial charge is 0.335 e. The largest absolute Gasteiger partial charge is 0.493 e. The average molecular weight is 355 g/mol. The van der Waals surface area contributed by atoms with Crippen molar-refractivity contribution in [2.75, 3.05) is 19.5 Å². The van der Waals surface area contributed by atoms with Gasteiger partial charge in [0.25, 0.3) is 5.91 Å². The van der Waals surface area contributed by atoms with Crippen molar-refractivity contribution in [2.45, 2.75) is 25.7 Å². The molecule has 6 nitrogen and oxygen atoms in total. The van der Waals surface area contributed by atoms with Crippen molar-refractivity contribution in [3.8, 4) is 11.5 Å². The fourth-order valence-corrected chi connectivity index (χ4v) is 3.25. The third-order valence-corrected chi connectivity index (χ3v) is 4.58. The van der Waals surface area contributed by atoms with Crippen LogP contribution in [0.5, 0.6) is 11.5 Å². The first-order chi connectivity index (χ1) is 12.5. The molecule has 0 heterocycles. The van der Waals surface area contributed by atoms with E-state index in [-0.39, 0.29) is 28.7 Å². The van der Waals surface area contributed by atoms with Crippen molar-refractivity contribution >= 4 is 17.6 Å². The minimum Gasteiger partial charge on any atom is -0.493 e. The van der Waals surface area contributed by atoms with Crippen LogP contribution in [0.15, 0.2) is 30.3 Å². The monoisotopic (exact) mass is 355 g/mol. The zero-order chi connectivity index (χ0) is 18.7. The Morgan fingerprint density at radius 2 is 1.69 bits per heavy atom. The summed E-state index contributed by atoms with van der Waals surface area (Å²) in [5.74, 6) is -0.909. The van der Waals surface area contributed by atoms with Crippen LogP contribution in [0.4, 0.5) is 5.69 Å². The van der Waals surface area contributed by atoms with Crippen LogP contribution in [-0.2, 0) is 12.8 Å². The normalized spacial score (nSPS) is 12.8. The summed E-state index contributed by atoms with van der Waals surface area (Å²) in [5.41, 5.74) is 3.29. The lowest BCUT2D eigenvalue weighted by atomic mass is 9.90. The van der Waals surface area contributed by atoms with Crippen LogP contribution in [0.3, 0.4) is 0 Å². The lowest BCUT2D eigenvalue weighted by Gasteiger charge is -2.17. The van der Waals surface area contributed by atoms with Gasteiger partial charge in [-0.3, -0.25) is 4.79 Å². The van der Waals surface area contributed by atoms with Crippen molar-refractivity contribution < 1.29 is 24.2 Å². The lowest BCUT2D eigenvalue weighted by Crippen LogP contribution is -2.15. The molecule has 3 rings (SSSR count). The van der Waals surface area contributed by atoms with E-state index in [1.165, 1.54) is 43.9 Å². The molecule has 0 unspecified atom stereocenters. The summed E-state index contributed by atoms with van der Waals surface area (Å²) in [7, 11) is 2.85. The van der Waals surface area contributed by atoms with Gasteiger partial charge in [0.2, 0.25) is 0 Å². The number of aromatic carboxylic acids is 1. The van der Waals surface area contributed by atoms with Gasteiger partial charge in [0.15, 0.2) is 11.5 Å². The van der Waals surface area contributed by atoms with Gasteiger partial charge < -0.3 is 19.9 Å². The molecular formula is C20H21NO5. The minimum absolute atomic E-state index is 0.00314. The molecule has 0 saturated carbocycles. The molecule has 0 radical (unpaired) electrons. The number of methoxy groups -OCH3 is 2. The van der Waals surface area contributed by atoms with E-state index in [9.17, 15) is 14.7 Å². The number of benzene rings is 2. The number of anilines is 1. The summed E-state index contributed by atoms with van der Waals surface area (Å²) in [4.78, 5) is 24.0. The number of aryl methyl sites for hydroxylation is 2. The van der Waals surface area contributed by atoms with E-state index in [1.807, 2.05) is 12.1 Å². The zero-order valence-electron chi connectivity index (χ0n) is 14.8. The highest BCUT2D eigenvalue weighted by atomic mass is 16.5. The number of carboxylic acids is 1. The SMILES string of the molecule is COc1cc(C(=O)O)cc(NC(=O)c2ccc3c(c2)CCCC3)c1OC. The Kier molecular flexibility index (Phi) is 5.11. The number of carbonyl (C=O) groups excluding carboxylic acids is 1. The van der Waals surface area contributed by atoms with Gasteiger partial charge in [0.05, 0.1) is 25.5 Å². The van der Waals surface area contributed by atoms with E-state index in [2.05, 4.69) is 5.32 Å². The van der Waals surface area contributed by atoms with Gasteiger partial charge in [-0.1, -0.05) is 6.07 Å². The molecule has 6 heteroatoms. The van der Waals surface area contributed by atoms with Gasteiger partial charge >= 0.3 is 5.97 Å². The molecular weight excluding hydrogens is 334 g/mol. The maximum Gasteiger partial charge on any atom is 0.335 e. The molecule has 2 aromatic rings. The number of fused-ring (bicyclic) bond motifs is 1. The molecule has 26 heavy (non-hydrogen) atoms. The van der Waals surface area contributed by atoms with E-state index in [0.717, 1.165) is 19.3 Å². The van der Waals surface area contributed by atoms with Crippen molar-refractivity contribution in [1.82, 2.24) is 0 Å². The summed E-state index contributed by atoms with van der Waals surface area (Å²) >= 11 is 0. The summed E-state index contributed by atoms with van der Waals surface area (Å²) in [6, 6.07) is 8.42. The van der Waals surface area contributed by atoms with Crippen LogP contribution in [0.25, 0.3) is 0 Å². The average Bonchev–Trinajstić information content (AvgIpc) is 2.66. The quantitative estimate of drug-likeness (QED) is 0.857. The molecule has 0 fully saturated rings. The number of carbonyl (C=O) groups is 2. The second-order valence-corrected chi connectivity index (χ2v) is 6.21. The molecule has 0 spiro atoms. The molecule has 0 saturated heterocycles.